The van der Waals surface area contributed by atoms with Crippen LogP contribution in [-0.4, -0.2) is 46.6 Å². The lowest BCUT2D eigenvalue weighted by Crippen LogP contribution is -2.33. The molecule has 4 amide bonds. The Balaban J connectivity index is 1.66. The highest BCUT2D eigenvalue weighted by molar-refractivity contribution is 6.21. The number of carbonyl (C=O) groups is 4. The van der Waals surface area contributed by atoms with Crippen molar-refractivity contribution >= 4 is 35.1 Å². The zero-order valence-electron chi connectivity index (χ0n) is 16.7. The van der Waals surface area contributed by atoms with Crippen molar-refractivity contribution in [2.75, 3.05) is 23.3 Å². The molecule has 4 rings (SSSR count). The second kappa shape index (κ2) is 7.53. The molecule has 2 aliphatic heterocycles. The minimum Gasteiger partial charge on any atom is -0.323 e. The van der Waals surface area contributed by atoms with Gasteiger partial charge in [-0.2, -0.15) is 13.8 Å². The Bertz CT molecular complexity index is 1120. The summed E-state index contributed by atoms with van der Waals surface area (Å²) in [7, 11) is 0. The highest BCUT2D eigenvalue weighted by Crippen LogP contribution is 2.43. The second-order valence-corrected chi connectivity index (χ2v) is 7.43. The molecule has 31 heavy (non-hydrogen) atoms. The number of nitrogens with zero attached hydrogens (tertiary/aromatic N) is 3. The van der Waals surface area contributed by atoms with Crippen molar-refractivity contribution in [2.45, 2.75) is 26.2 Å². The SMILES string of the molecule is CC(=O)Nc1c(F)c(F)nc2c1C(CCN1C(=O)c3ccccc3C1=O)CN2C(C)=O. The van der Waals surface area contributed by atoms with Crippen molar-refractivity contribution in [1.29, 1.82) is 0 Å². The summed E-state index contributed by atoms with van der Waals surface area (Å²) >= 11 is 0. The van der Waals surface area contributed by atoms with Crippen molar-refractivity contribution < 1.29 is 28.0 Å². The first kappa shape index (κ1) is 20.6. The van der Waals surface area contributed by atoms with E-state index in [2.05, 4.69) is 10.3 Å². The third kappa shape index (κ3) is 3.33. The zero-order valence-corrected chi connectivity index (χ0v) is 16.7. The van der Waals surface area contributed by atoms with Gasteiger partial charge in [-0.1, -0.05) is 12.1 Å². The van der Waals surface area contributed by atoms with Crippen LogP contribution in [0, 0.1) is 11.8 Å². The van der Waals surface area contributed by atoms with Gasteiger partial charge in [0.1, 0.15) is 5.82 Å². The van der Waals surface area contributed by atoms with Crippen molar-refractivity contribution in [3.63, 3.8) is 0 Å². The molecule has 0 fully saturated rings. The van der Waals surface area contributed by atoms with Crippen molar-refractivity contribution in [1.82, 2.24) is 9.88 Å². The number of hydrogen-bond donors (Lipinski definition) is 1. The van der Waals surface area contributed by atoms with E-state index in [1.54, 1.807) is 24.3 Å². The molecule has 1 aromatic carbocycles. The Morgan fingerprint density at radius 3 is 2.29 bits per heavy atom. The number of imide groups is 1. The Morgan fingerprint density at radius 2 is 1.74 bits per heavy atom. The molecule has 0 saturated heterocycles. The number of benzene rings is 1. The smallest absolute Gasteiger partial charge is 0.261 e. The van der Waals surface area contributed by atoms with Gasteiger partial charge < -0.3 is 5.32 Å². The summed E-state index contributed by atoms with van der Waals surface area (Å²) in [6.45, 7) is 2.46. The van der Waals surface area contributed by atoms with E-state index in [4.69, 9.17) is 0 Å². The summed E-state index contributed by atoms with van der Waals surface area (Å²) in [5.41, 5.74) is 0.392. The van der Waals surface area contributed by atoms with Gasteiger partial charge in [0, 0.05) is 38.4 Å². The van der Waals surface area contributed by atoms with E-state index >= 15 is 0 Å². The summed E-state index contributed by atoms with van der Waals surface area (Å²) < 4.78 is 28.6. The molecule has 0 bridgehead atoms. The molecule has 2 aliphatic rings. The first-order valence-electron chi connectivity index (χ1n) is 9.60. The molecule has 10 heteroatoms. The number of nitrogens with one attached hydrogen (secondary N) is 1. The molecule has 3 heterocycles. The largest absolute Gasteiger partial charge is 0.323 e. The van der Waals surface area contributed by atoms with E-state index in [0.717, 1.165) is 11.8 Å². The minimum atomic E-state index is -1.44. The minimum absolute atomic E-state index is 0.000699. The topological polar surface area (TPSA) is 99.7 Å². The number of amides is 4. The number of fused-ring (bicyclic) bond motifs is 2. The molecule has 0 spiro atoms. The lowest BCUT2D eigenvalue weighted by atomic mass is 9.97. The van der Waals surface area contributed by atoms with Crippen molar-refractivity contribution in [3.8, 4) is 0 Å². The van der Waals surface area contributed by atoms with Crippen LogP contribution in [0.3, 0.4) is 0 Å². The summed E-state index contributed by atoms with van der Waals surface area (Å²) in [4.78, 5) is 54.7. The van der Waals surface area contributed by atoms with Crippen LogP contribution in [0.2, 0.25) is 0 Å². The Morgan fingerprint density at radius 1 is 1.13 bits per heavy atom. The van der Waals surface area contributed by atoms with Crippen LogP contribution >= 0.6 is 0 Å². The van der Waals surface area contributed by atoms with Gasteiger partial charge in [-0.05, 0) is 18.6 Å². The Kier molecular flexibility index (Phi) is 5.00. The van der Waals surface area contributed by atoms with Crippen molar-refractivity contribution in [2.24, 2.45) is 0 Å². The standard InChI is InChI=1S/C21H18F2N4O4/c1-10(28)24-17-15-12(9-27(11(2)29)19(15)25-18(23)16(17)22)7-8-26-20(30)13-5-3-4-6-14(13)21(26)31/h3-6,12H,7-9H2,1-2H3,(H,24,25,28). The second-order valence-electron chi connectivity index (χ2n) is 7.43. The normalized spacial score (nSPS) is 17.1. The van der Waals surface area contributed by atoms with Gasteiger partial charge in [-0.15, -0.1) is 0 Å². The first-order valence-corrected chi connectivity index (χ1v) is 9.60. The highest BCUT2D eigenvalue weighted by atomic mass is 19.2. The fourth-order valence-corrected chi connectivity index (χ4v) is 4.06. The molecule has 8 nitrogen and oxygen atoms in total. The highest BCUT2D eigenvalue weighted by Gasteiger charge is 2.40. The molecule has 1 unspecified atom stereocenters. The molecule has 2 aromatic rings. The number of halogens is 2. The number of carbonyl (C=O) groups excluding carboxylic acids is 4. The van der Waals surface area contributed by atoms with Crippen LogP contribution < -0.4 is 10.2 Å². The van der Waals surface area contributed by atoms with Gasteiger partial charge in [-0.25, -0.2) is 0 Å². The molecule has 0 radical (unpaired) electrons. The summed E-state index contributed by atoms with van der Waals surface area (Å²) in [5.74, 6) is -5.35. The average Bonchev–Trinajstić information content (AvgIpc) is 3.19. The molecule has 1 N–H and O–H groups in total. The maximum Gasteiger partial charge on any atom is 0.261 e. The monoisotopic (exact) mass is 428 g/mol. The lowest BCUT2D eigenvalue weighted by molar-refractivity contribution is -0.116. The summed E-state index contributed by atoms with van der Waals surface area (Å²) in [6, 6.07) is 6.45. The van der Waals surface area contributed by atoms with E-state index < -0.39 is 41.3 Å². The molecular weight excluding hydrogens is 410 g/mol. The van der Waals surface area contributed by atoms with Crippen LogP contribution in [0.4, 0.5) is 20.3 Å². The van der Waals surface area contributed by atoms with E-state index in [9.17, 15) is 28.0 Å². The Labute approximate surface area is 175 Å². The summed E-state index contributed by atoms with van der Waals surface area (Å²) in [5, 5.41) is 2.28. The van der Waals surface area contributed by atoms with Crippen LogP contribution in [0.25, 0.3) is 0 Å². The van der Waals surface area contributed by atoms with Crippen LogP contribution in [0.15, 0.2) is 24.3 Å². The van der Waals surface area contributed by atoms with Gasteiger partial charge in [0.2, 0.25) is 17.6 Å². The number of aromatic nitrogens is 1. The quantitative estimate of drug-likeness (QED) is 0.596. The van der Waals surface area contributed by atoms with Crippen molar-refractivity contribution in [3.05, 3.63) is 52.7 Å². The lowest BCUT2D eigenvalue weighted by Gasteiger charge is -2.19. The number of rotatable bonds is 4. The van der Waals surface area contributed by atoms with Crippen LogP contribution in [0.5, 0.6) is 0 Å². The zero-order chi connectivity index (χ0) is 22.4. The van der Waals surface area contributed by atoms with Gasteiger partial charge in [0.15, 0.2) is 0 Å². The Hall–Kier alpha value is -3.69. The molecule has 1 aromatic heterocycles. The molecule has 1 atom stereocenters. The van der Waals surface area contributed by atoms with E-state index in [1.165, 1.54) is 11.8 Å². The van der Waals surface area contributed by atoms with Crippen LogP contribution in [-0.2, 0) is 9.59 Å². The summed E-state index contributed by atoms with van der Waals surface area (Å²) in [6.07, 6.45) is 0.168. The van der Waals surface area contributed by atoms with E-state index in [-0.39, 0.29) is 36.6 Å². The van der Waals surface area contributed by atoms with Gasteiger partial charge in [-0.3, -0.25) is 29.0 Å². The molecular formula is C21H18F2N4O4. The fourth-order valence-electron chi connectivity index (χ4n) is 4.06. The first-order chi connectivity index (χ1) is 14.7. The molecule has 0 aliphatic carbocycles. The number of pyridine rings is 1. The molecule has 160 valence electrons. The van der Waals surface area contributed by atoms with E-state index in [1.807, 2.05) is 0 Å². The van der Waals surface area contributed by atoms with Gasteiger partial charge in [0.25, 0.3) is 17.8 Å². The average molecular weight is 428 g/mol. The number of anilines is 2. The maximum atomic E-state index is 14.5. The fraction of sp³-hybridized carbons (Fsp3) is 0.286. The third-order valence-electron chi connectivity index (χ3n) is 5.44. The maximum absolute atomic E-state index is 14.5. The number of hydrogen-bond acceptors (Lipinski definition) is 5. The predicted molar refractivity (Wildman–Crippen MR) is 106 cm³/mol. The third-order valence-corrected chi connectivity index (χ3v) is 5.44. The van der Waals surface area contributed by atoms with Gasteiger partial charge >= 0.3 is 0 Å². The van der Waals surface area contributed by atoms with Gasteiger partial charge in [0.05, 0.1) is 16.8 Å². The predicted octanol–water partition coefficient (Wildman–Crippen LogP) is 2.45. The molecule has 0 saturated carbocycles. The van der Waals surface area contributed by atoms with E-state index in [0.29, 0.717) is 11.1 Å². The van der Waals surface area contributed by atoms with Crippen LogP contribution in [0.1, 0.15) is 52.5 Å².